The van der Waals surface area contributed by atoms with Crippen LogP contribution < -0.4 is 0 Å². The predicted molar refractivity (Wildman–Crippen MR) is 120 cm³/mol. The molecule has 1 aliphatic heterocycles. The molecule has 31 heavy (non-hydrogen) atoms. The molecular weight excluding hydrogens is 462 g/mol. The molecule has 2 aromatic rings. The van der Waals surface area contributed by atoms with Crippen molar-refractivity contribution in [2.45, 2.75) is 36.9 Å². The first-order valence-corrected chi connectivity index (χ1v) is 10.5. The van der Waals surface area contributed by atoms with E-state index in [1.807, 2.05) is 20.8 Å². The highest BCUT2D eigenvalue weighted by atomic mass is 79.9. The number of alkyl halides is 1. The monoisotopic (exact) mass is 483 g/mol. The third-order valence-corrected chi connectivity index (χ3v) is 5.12. The molecule has 0 saturated heterocycles. The fraction of sp³-hybridized carbons (Fsp3) is 0.250. The number of hydrogen-bond donors (Lipinski definition) is 0. The first-order valence-electron chi connectivity index (χ1n) is 9.66. The van der Waals surface area contributed by atoms with Gasteiger partial charge in [0.1, 0.15) is 0 Å². The third kappa shape index (κ3) is 5.35. The van der Waals surface area contributed by atoms with E-state index in [0.29, 0.717) is 0 Å². The Balaban J connectivity index is 1.90. The topological polar surface area (TPSA) is 82.0 Å². The van der Waals surface area contributed by atoms with Crippen LogP contribution in [-0.4, -0.2) is 39.6 Å². The molecule has 7 heteroatoms. The first kappa shape index (κ1) is 22.6. The number of carbonyl (C=O) groups is 3. The lowest BCUT2D eigenvalue weighted by molar-refractivity contribution is -0.152. The largest absolute Gasteiger partial charge is 0.458 e. The maximum absolute atomic E-state index is 13.3. The fourth-order valence-corrected chi connectivity index (χ4v) is 3.46. The molecule has 0 aliphatic carbocycles. The number of rotatable bonds is 6. The van der Waals surface area contributed by atoms with Gasteiger partial charge in [-0.2, -0.15) is 0 Å². The Hall–Kier alpha value is -3.06. The molecular formula is C24H22BrNO5. The van der Waals surface area contributed by atoms with Crippen molar-refractivity contribution in [2.75, 3.05) is 0 Å². The second kappa shape index (κ2) is 8.98. The zero-order valence-electron chi connectivity index (χ0n) is 17.4. The van der Waals surface area contributed by atoms with Crippen LogP contribution in [0.15, 0.2) is 77.8 Å². The molecule has 0 bridgehead atoms. The average molecular weight is 484 g/mol. The van der Waals surface area contributed by atoms with Gasteiger partial charge in [-0.3, -0.25) is 9.59 Å². The van der Waals surface area contributed by atoms with Crippen molar-refractivity contribution < 1.29 is 23.9 Å². The molecule has 2 aromatic carbocycles. The Labute approximate surface area is 189 Å². The van der Waals surface area contributed by atoms with Crippen LogP contribution in [0.25, 0.3) is 0 Å². The lowest BCUT2D eigenvalue weighted by Gasteiger charge is -2.26. The minimum Gasteiger partial charge on any atom is -0.458 e. The molecule has 1 unspecified atom stereocenters. The number of ketones is 2. The van der Waals surface area contributed by atoms with Crippen molar-refractivity contribution in [3.63, 3.8) is 0 Å². The van der Waals surface area contributed by atoms with Crippen LogP contribution in [0.4, 0.5) is 0 Å². The minimum absolute atomic E-state index is 0.217. The van der Waals surface area contributed by atoms with Gasteiger partial charge in [-0.1, -0.05) is 60.7 Å². The van der Waals surface area contributed by atoms with E-state index in [9.17, 15) is 14.4 Å². The zero-order valence-corrected chi connectivity index (χ0v) is 19.0. The van der Waals surface area contributed by atoms with E-state index in [2.05, 4.69) is 20.9 Å². The van der Waals surface area contributed by atoms with Crippen LogP contribution in [0.2, 0.25) is 0 Å². The Kier molecular flexibility index (Phi) is 6.55. The number of carbonyl (C=O) groups excluding carboxylic acids is 3. The summed E-state index contributed by atoms with van der Waals surface area (Å²) in [6, 6.07) is 16.3. The van der Waals surface area contributed by atoms with Gasteiger partial charge >= 0.3 is 5.97 Å². The molecule has 0 amide bonds. The SMILES string of the molecule is CC(C)(C)N=C1C=CC(C(=O)OC(Br)(C(=O)c2ccccc2)C(=O)c2ccccc2)O1. The summed E-state index contributed by atoms with van der Waals surface area (Å²) < 4.78 is 8.77. The van der Waals surface area contributed by atoms with Crippen molar-refractivity contribution in [1.29, 1.82) is 0 Å². The number of esters is 1. The highest BCUT2D eigenvalue weighted by Crippen LogP contribution is 2.31. The van der Waals surface area contributed by atoms with Crippen LogP contribution in [0.1, 0.15) is 41.5 Å². The molecule has 3 rings (SSSR count). The molecule has 1 heterocycles. The minimum atomic E-state index is -2.24. The van der Waals surface area contributed by atoms with Crippen molar-refractivity contribution in [1.82, 2.24) is 0 Å². The van der Waals surface area contributed by atoms with Gasteiger partial charge in [0.05, 0.1) is 5.54 Å². The van der Waals surface area contributed by atoms with Gasteiger partial charge in [0.2, 0.25) is 23.6 Å². The van der Waals surface area contributed by atoms with E-state index in [1.54, 1.807) is 66.7 Å². The third-order valence-electron chi connectivity index (χ3n) is 4.24. The number of Topliss-reactive ketones (excluding diaryl/α,β-unsaturated/α-hetero) is 2. The lowest BCUT2D eigenvalue weighted by Crippen LogP contribution is -2.47. The summed E-state index contributed by atoms with van der Waals surface area (Å²) >= 11 is 3.15. The van der Waals surface area contributed by atoms with Crippen LogP contribution in [0, 0.1) is 0 Å². The molecule has 1 atom stereocenters. The summed E-state index contributed by atoms with van der Waals surface area (Å²) in [5.41, 5.74) is 0.0353. The molecule has 0 aromatic heterocycles. The van der Waals surface area contributed by atoms with E-state index in [-0.39, 0.29) is 17.0 Å². The number of hydrogen-bond acceptors (Lipinski definition) is 6. The fourth-order valence-electron chi connectivity index (χ4n) is 2.84. The van der Waals surface area contributed by atoms with E-state index >= 15 is 0 Å². The van der Waals surface area contributed by atoms with Crippen LogP contribution >= 0.6 is 15.9 Å². The Morgan fingerprint density at radius 3 is 1.84 bits per heavy atom. The van der Waals surface area contributed by atoms with Crippen LogP contribution in [0.5, 0.6) is 0 Å². The highest BCUT2D eigenvalue weighted by molar-refractivity contribution is 9.10. The molecule has 0 N–H and O–H groups in total. The Morgan fingerprint density at radius 1 is 0.903 bits per heavy atom. The summed E-state index contributed by atoms with van der Waals surface area (Å²) in [4.78, 5) is 43.7. The normalized spacial score (nSPS) is 17.3. The molecule has 0 saturated carbocycles. The first-order chi connectivity index (χ1) is 14.6. The summed E-state index contributed by atoms with van der Waals surface area (Å²) in [6.07, 6.45) is 1.91. The van der Waals surface area contributed by atoms with Gasteiger partial charge in [-0.05, 0) is 42.8 Å². The Morgan fingerprint density at radius 2 is 1.39 bits per heavy atom. The molecule has 0 radical (unpaired) electrons. The van der Waals surface area contributed by atoms with Crippen molar-refractivity contribution in [3.05, 3.63) is 83.9 Å². The molecule has 1 aliphatic rings. The van der Waals surface area contributed by atoms with Gasteiger partial charge in [0.25, 0.3) is 4.51 Å². The van der Waals surface area contributed by atoms with Gasteiger partial charge < -0.3 is 9.47 Å². The van der Waals surface area contributed by atoms with Crippen molar-refractivity contribution in [3.8, 4) is 0 Å². The van der Waals surface area contributed by atoms with Crippen molar-refractivity contribution >= 4 is 39.4 Å². The highest BCUT2D eigenvalue weighted by Gasteiger charge is 2.49. The second-order valence-electron chi connectivity index (χ2n) is 7.93. The summed E-state index contributed by atoms with van der Waals surface area (Å²) in [5, 5.41) is 0. The second-order valence-corrected chi connectivity index (χ2v) is 9.04. The summed E-state index contributed by atoms with van der Waals surface area (Å²) in [5.74, 6) is -2.00. The smallest absolute Gasteiger partial charge is 0.353 e. The van der Waals surface area contributed by atoms with Gasteiger partial charge in [0, 0.05) is 17.2 Å². The summed E-state index contributed by atoms with van der Waals surface area (Å²) in [6.45, 7) is 5.68. The Bertz CT molecular complexity index is 987. The quantitative estimate of drug-likeness (QED) is 0.260. The summed E-state index contributed by atoms with van der Waals surface area (Å²) in [7, 11) is 0. The zero-order chi connectivity index (χ0) is 22.6. The van der Waals surface area contributed by atoms with Gasteiger partial charge in [-0.25, -0.2) is 9.79 Å². The predicted octanol–water partition coefficient (Wildman–Crippen LogP) is 4.54. The van der Waals surface area contributed by atoms with E-state index < -0.39 is 33.7 Å². The van der Waals surface area contributed by atoms with Gasteiger partial charge in [-0.15, -0.1) is 0 Å². The van der Waals surface area contributed by atoms with Crippen LogP contribution in [0.3, 0.4) is 0 Å². The molecule has 0 spiro atoms. The van der Waals surface area contributed by atoms with E-state index in [4.69, 9.17) is 9.47 Å². The number of ether oxygens (including phenoxy) is 2. The average Bonchev–Trinajstić information content (AvgIpc) is 3.20. The van der Waals surface area contributed by atoms with Crippen molar-refractivity contribution in [2.24, 2.45) is 4.99 Å². The number of halogens is 1. The standard InChI is InChI=1S/C24H22BrNO5/c1-23(2,3)26-19-15-14-18(30-19)22(29)31-24(25,20(27)16-10-6-4-7-11-16)21(28)17-12-8-5-9-13-17/h4-15,18H,1-3H3. The lowest BCUT2D eigenvalue weighted by atomic mass is 9.98. The number of aliphatic imine (C=N–C) groups is 1. The van der Waals surface area contributed by atoms with E-state index in [1.165, 1.54) is 6.08 Å². The van der Waals surface area contributed by atoms with Crippen LogP contribution in [-0.2, 0) is 14.3 Å². The maximum Gasteiger partial charge on any atom is 0.353 e. The molecule has 0 fully saturated rings. The molecule has 160 valence electrons. The number of nitrogens with zero attached hydrogens (tertiary/aromatic N) is 1. The maximum atomic E-state index is 13.3. The van der Waals surface area contributed by atoms with E-state index in [0.717, 1.165) is 0 Å². The van der Waals surface area contributed by atoms with Gasteiger partial charge in [0.15, 0.2) is 0 Å². The molecule has 6 nitrogen and oxygen atoms in total. The number of benzene rings is 2.